The minimum absolute atomic E-state index is 0.233. The molecule has 1 aromatic carbocycles. The lowest BCUT2D eigenvalue weighted by atomic mass is 10.3. The third kappa shape index (κ3) is 2.79. The first-order valence-electron chi connectivity index (χ1n) is 5.37. The third-order valence-corrected chi connectivity index (χ3v) is 3.41. The molecule has 0 unspecified atom stereocenters. The molecule has 1 aromatic heterocycles. The Bertz CT molecular complexity index is 634. The summed E-state index contributed by atoms with van der Waals surface area (Å²) in [6.45, 7) is 2.77. The lowest BCUT2D eigenvalue weighted by molar-refractivity contribution is 0.602. The van der Waals surface area contributed by atoms with Gasteiger partial charge >= 0.3 is 0 Å². The van der Waals surface area contributed by atoms with Gasteiger partial charge in [0.2, 0.25) is 9.05 Å². The zero-order chi connectivity index (χ0) is 12.5. The van der Waals surface area contributed by atoms with Crippen molar-refractivity contribution in [3.05, 3.63) is 30.1 Å². The van der Waals surface area contributed by atoms with Crippen molar-refractivity contribution in [3.8, 4) is 0 Å². The molecule has 6 heteroatoms. The van der Waals surface area contributed by atoms with Crippen LogP contribution in [-0.4, -0.2) is 18.0 Å². The van der Waals surface area contributed by atoms with Gasteiger partial charge in [-0.1, -0.05) is 19.1 Å². The van der Waals surface area contributed by atoms with Gasteiger partial charge in [-0.2, -0.15) is 0 Å². The Kier molecular flexibility index (Phi) is 3.40. The predicted molar refractivity (Wildman–Crippen MR) is 68.5 cm³/mol. The Morgan fingerprint density at radius 1 is 1.35 bits per heavy atom. The fourth-order valence-corrected chi connectivity index (χ4v) is 2.68. The van der Waals surface area contributed by atoms with Crippen LogP contribution in [0, 0.1) is 0 Å². The van der Waals surface area contributed by atoms with Crippen LogP contribution in [0.1, 0.15) is 19.2 Å². The molecule has 2 aromatic rings. The molecule has 0 aliphatic rings. The number of aryl methyl sites for hydroxylation is 1. The molecule has 0 N–H and O–H groups in total. The number of hydrogen-bond donors (Lipinski definition) is 0. The molecular weight excluding hydrogens is 260 g/mol. The Morgan fingerprint density at radius 3 is 2.71 bits per heavy atom. The Labute approximate surface area is 105 Å². The highest BCUT2D eigenvalue weighted by Gasteiger charge is 2.15. The first-order chi connectivity index (χ1) is 8.01. The number of halogens is 1. The predicted octanol–water partition coefficient (Wildman–Crippen LogP) is 2.51. The van der Waals surface area contributed by atoms with Crippen molar-refractivity contribution in [2.75, 3.05) is 0 Å². The van der Waals surface area contributed by atoms with E-state index >= 15 is 0 Å². The van der Waals surface area contributed by atoms with Crippen molar-refractivity contribution in [1.29, 1.82) is 0 Å². The van der Waals surface area contributed by atoms with E-state index in [-0.39, 0.29) is 5.75 Å². The second kappa shape index (κ2) is 4.66. The summed E-state index contributed by atoms with van der Waals surface area (Å²) >= 11 is 0. The van der Waals surface area contributed by atoms with Crippen molar-refractivity contribution < 1.29 is 8.42 Å². The van der Waals surface area contributed by atoms with Crippen LogP contribution in [0.4, 0.5) is 0 Å². The van der Waals surface area contributed by atoms with Crippen LogP contribution in [-0.2, 0) is 21.3 Å². The Morgan fingerprint density at radius 2 is 2.06 bits per heavy atom. The first kappa shape index (κ1) is 12.4. The molecule has 0 saturated carbocycles. The van der Waals surface area contributed by atoms with E-state index in [9.17, 15) is 8.42 Å². The van der Waals surface area contributed by atoms with Crippen molar-refractivity contribution in [2.24, 2.45) is 0 Å². The molecule has 4 nitrogen and oxygen atoms in total. The number of rotatable bonds is 4. The van der Waals surface area contributed by atoms with E-state index in [4.69, 9.17) is 10.7 Å². The summed E-state index contributed by atoms with van der Waals surface area (Å²) in [6.07, 6.45) is 0.912. The maximum absolute atomic E-state index is 11.1. The summed E-state index contributed by atoms with van der Waals surface area (Å²) in [4.78, 5) is 4.32. The number of para-hydroxylation sites is 2. The summed E-state index contributed by atoms with van der Waals surface area (Å²) in [6, 6.07) is 7.59. The molecule has 0 saturated heterocycles. The molecule has 0 aliphatic heterocycles. The van der Waals surface area contributed by atoms with Crippen molar-refractivity contribution >= 4 is 30.8 Å². The Hall–Kier alpha value is -1.07. The van der Waals surface area contributed by atoms with Crippen LogP contribution in [0.15, 0.2) is 24.3 Å². The van der Waals surface area contributed by atoms with E-state index in [2.05, 4.69) is 4.98 Å². The van der Waals surface area contributed by atoms with Crippen LogP contribution in [0.25, 0.3) is 11.0 Å². The molecule has 17 heavy (non-hydrogen) atoms. The van der Waals surface area contributed by atoms with Crippen LogP contribution >= 0.6 is 10.7 Å². The maximum atomic E-state index is 11.1. The smallest absolute Gasteiger partial charge is 0.239 e. The molecule has 0 radical (unpaired) electrons. The number of benzene rings is 1. The van der Waals surface area contributed by atoms with Gasteiger partial charge in [-0.25, -0.2) is 13.4 Å². The highest BCUT2D eigenvalue weighted by atomic mass is 35.7. The summed E-state index contributed by atoms with van der Waals surface area (Å²) < 4.78 is 24.2. The molecule has 0 fully saturated rings. The quantitative estimate of drug-likeness (QED) is 0.804. The van der Waals surface area contributed by atoms with Crippen LogP contribution < -0.4 is 0 Å². The third-order valence-electron chi connectivity index (χ3n) is 2.48. The summed E-state index contributed by atoms with van der Waals surface area (Å²) in [5.41, 5.74) is 1.75. The van der Waals surface area contributed by atoms with E-state index in [1.54, 1.807) is 0 Å². The van der Waals surface area contributed by atoms with Gasteiger partial charge in [0.05, 0.1) is 11.0 Å². The molecule has 0 atom stereocenters. The first-order valence-corrected chi connectivity index (χ1v) is 7.85. The van der Waals surface area contributed by atoms with E-state index < -0.39 is 9.05 Å². The lowest BCUT2D eigenvalue weighted by Crippen LogP contribution is -2.06. The normalized spacial score (nSPS) is 12.1. The van der Waals surface area contributed by atoms with Crippen LogP contribution in [0.2, 0.25) is 0 Å². The van der Waals surface area contributed by atoms with Gasteiger partial charge in [0.25, 0.3) is 0 Å². The molecule has 0 aliphatic carbocycles. The topological polar surface area (TPSA) is 52.0 Å². The minimum Gasteiger partial charge on any atom is -0.327 e. The van der Waals surface area contributed by atoms with E-state index in [1.165, 1.54) is 0 Å². The molecule has 1 heterocycles. The fourth-order valence-electron chi connectivity index (χ4n) is 1.86. The van der Waals surface area contributed by atoms with Crippen molar-refractivity contribution in [1.82, 2.24) is 9.55 Å². The van der Waals surface area contributed by atoms with E-state index in [1.807, 2.05) is 35.8 Å². The molecule has 92 valence electrons. The molecule has 2 rings (SSSR count). The number of nitrogens with zero attached hydrogens (tertiary/aromatic N) is 2. The van der Waals surface area contributed by atoms with Gasteiger partial charge in [0.1, 0.15) is 11.6 Å². The second-order valence-corrected chi connectivity index (χ2v) is 6.63. The SMILES string of the molecule is CCCn1c(CS(=O)(=O)Cl)nc2ccccc21. The largest absolute Gasteiger partial charge is 0.327 e. The van der Waals surface area contributed by atoms with Gasteiger partial charge in [-0.3, -0.25) is 0 Å². The standard InChI is InChI=1S/C11H13ClN2O2S/c1-2-7-14-10-6-4-3-5-9(10)13-11(14)8-17(12,15)16/h3-6H,2,7-8H2,1H3. The zero-order valence-corrected chi connectivity index (χ0v) is 11.0. The molecule has 0 amide bonds. The minimum atomic E-state index is -3.58. The summed E-state index contributed by atoms with van der Waals surface area (Å²) in [7, 11) is 1.71. The summed E-state index contributed by atoms with van der Waals surface area (Å²) in [5.74, 6) is 0.270. The average molecular weight is 273 g/mol. The van der Waals surface area contributed by atoms with Gasteiger partial charge < -0.3 is 4.57 Å². The fraction of sp³-hybridized carbons (Fsp3) is 0.364. The second-order valence-electron chi connectivity index (χ2n) is 3.85. The van der Waals surface area contributed by atoms with E-state index in [0.29, 0.717) is 5.82 Å². The monoisotopic (exact) mass is 272 g/mol. The molecule has 0 bridgehead atoms. The summed E-state index contributed by atoms with van der Waals surface area (Å²) in [5, 5.41) is 0. The Balaban J connectivity index is 2.57. The molecular formula is C11H13ClN2O2S. The number of aromatic nitrogens is 2. The number of fused-ring (bicyclic) bond motifs is 1. The van der Waals surface area contributed by atoms with Crippen LogP contribution in [0.5, 0.6) is 0 Å². The van der Waals surface area contributed by atoms with Gasteiger partial charge in [-0.05, 0) is 18.6 Å². The highest BCUT2D eigenvalue weighted by molar-refractivity contribution is 8.13. The lowest BCUT2D eigenvalue weighted by Gasteiger charge is -2.05. The van der Waals surface area contributed by atoms with Gasteiger partial charge in [0, 0.05) is 17.2 Å². The van der Waals surface area contributed by atoms with Crippen LogP contribution in [0.3, 0.4) is 0 Å². The van der Waals surface area contributed by atoms with Gasteiger partial charge in [0.15, 0.2) is 0 Å². The number of hydrogen-bond acceptors (Lipinski definition) is 3. The number of imidazole rings is 1. The van der Waals surface area contributed by atoms with Crippen molar-refractivity contribution in [3.63, 3.8) is 0 Å². The average Bonchev–Trinajstić information content (AvgIpc) is 2.55. The van der Waals surface area contributed by atoms with Crippen molar-refractivity contribution in [2.45, 2.75) is 25.6 Å². The van der Waals surface area contributed by atoms with Gasteiger partial charge in [-0.15, -0.1) is 0 Å². The van der Waals surface area contributed by atoms with E-state index in [0.717, 1.165) is 24.0 Å². The highest BCUT2D eigenvalue weighted by Crippen LogP contribution is 2.19. The maximum Gasteiger partial charge on any atom is 0.239 e. The zero-order valence-electron chi connectivity index (χ0n) is 9.43. The molecule has 0 spiro atoms.